The number of methoxy groups -OCH3 is 2. The number of sulfonamides is 1. The van der Waals surface area contributed by atoms with E-state index in [2.05, 4.69) is 15.4 Å². The summed E-state index contributed by atoms with van der Waals surface area (Å²) in [7, 11) is 5.30. The lowest BCUT2D eigenvalue weighted by Gasteiger charge is -2.32. The van der Waals surface area contributed by atoms with E-state index in [4.69, 9.17) is 28.9 Å². The molecule has 12 heteroatoms. The minimum atomic E-state index is -3.79. The number of nitrogens with one attached hydrogen (secondary N) is 1. The molecule has 5 rings (SSSR count). The maximum Gasteiger partial charge on any atom is 0.246 e. The zero-order valence-electron chi connectivity index (χ0n) is 21.1. The van der Waals surface area contributed by atoms with Gasteiger partial charge in [-0.05, 0) is 42.4 Å². The van der Waals surface area contributed by atoms with Crippen molar-refractivity contribution < 1.29 is 17.9 Å². The standard InChI is InChI=1S/C26H27BClN5O4S/c1-36-18-9-10-23(37-2)24(12-18)38(34,35)32-11-5-6-17(16-32)14-29-25-13-22(19-7-3-4-8-21(19)28)31-26-20(27)15-30-33(25)26/h3-4,7-10,12-13,15,17,29H,5-6,11,14,16H2,1-2H3. The minimum Gasteiger partial charge on any atom is -0.497 e. The molecule has 0 saturated carbocycles. The molecule has 1 aliphatic heterocycles. The summed E-state index contributed by atoms with van der Waals surface area (Å²) in [5.41, 5.74) is 2.41. The van der Waals surface area contributed by atoms with Gasteiger partial charge in [0.15, 0.2) is 5.65 Å². The molecule has 1 fully saturated rings. The molecule has 1 N–H and O–H groups in total. The first-order chi connectivity index (χ1) is 18.3. The van der Waals surface area contributed by atoms with Gasteiger partial charge in [0.25, 0.3) is 0 Å². The van der Waals surface area contributed by atoms with Crippen molar-refractivity contribution in [2.24, 2.45) is 5.92 Å². The first-order valence-electron chi connectivity index (χ1n) is 12.2. The lowest BCUT2D eigenvalue weighted by molar-refractivity contribution is 0.274. The predicted molar refractivity (Wildman–Crippen MR) is 148 cm³/mol. The molecule has 0 amide bonds. The fourth-order valence-corrected chi connectivity index (χ4v) is 6.66. The average molecular weight is 552 g/mol. The number of ether oxygens (including phenoxy) is 2. The summed E-state index contributed by atoms with van der Waals surface area (Å²) in [6.07, 6.45) is 3.17. The smallest absolute Gasteiger partial charge is 0.246 e. The normalized spacial score (nSPS) is 16.4. The number of halogens is 1. The third-order valence-corrected chi connectivity index (χ3v) is 8.91. The van der Waals surface area contributed by atoms with Crippen LogP contribution < -0.4 is 20.3 Å². The van der Waals surface area contributed by atoms with Crippen LogP contribution in [0.3, 0.4) is 0 Å². The van der Waals surface area contributed by atoms with Crippen LogP contribution in [-0.2, 0) is 10.0 Å². The Hall–Kier alpha value is -3.28. The quantitative estimate of drug-likeness (QED) is 0.335. The molecule has 0 spiro atoms. The Morgan fingerprint density at radius 2 is 1.97 bits per heavy atom. The molecule has 196 valence electrons. The molecular weight excluding hydrogens is 525 g/mol. The van der Waals surface area contributed by atoms with E-state index in [1.807, 2.05) is 30.3 Å². The van der Waals surface area contributed by atoms with Gasteiger partial charge in [0, 0.05) is 48.5 Å². The molecular formula is C26H27BClN5O4S. The van der Waals surface area contributed by atoms with Crippen molar-refractivity contribution >= 4 is 46.4 Å². The molecule has 9 nitrogen and oxygen atoms in total. The van der Waals surface area contributed by atoms with E-state index >= 15 is 0 Å². The van der Waals surface area contributed by atoms with Gasteiger partial charge in [0.2, 0.25) is 10.0 Å². The second kappa shape index (κ2) is 10.8. The van der Waals surface area contributed by atoms with Crippen molar-refractivity contribution in [2.45, 2.75) is 17.7 Å². The molecule has 38 heavy (non-hydrogen) atoms. The zero-order valence-corrected chi connectivity index (χ0v) is 22.7. The lowest BCUT2D eigenvalue weighted by Crippen LogP contribution is -2.42. The van der Waals surface area contributed by atoms with Crippen molar-refractivity contribution in [1.82, 2.24) is 18.9 Å². The van der Waals surface area contributed by atoms with Gasteiger partial charge in [-0.2, -0.15) is 13.9 Å². The van der Waals surface area contributed by atoms with Crippen molar-refractivity contribution in [3.05, 3.63) is 59.8 Å². The molecule has 4 aromatic rings. The van der Waals surface area contributed by atoms with Crippen molar-refractivity contribution in [3.8, 4) is 22.8 Å². The Kier molecular flexibility index (Phi) is 7.51. The van der Waals surface area contributed by atoms with Gasteiger partial charge in [-0.3, -0.25) is 0 Å². The van der Waals surface area contributed by atoms with Crippen molar-refractivity contribution in [1.29, 1.82) is 0 Å². The number of anilines is 1. The molecule has 0 bridgehead atoms. The summed E-state index contributed by atoms with van der Waals surface area (Å²) in [6, 6.07) is 14.1. The molecule has 1 aliphatic rings. The van der Waals surface area contributed by atoms with Gasteiger partial charge in [-0.25, -0.2) is 13.4 Å². The summed E-state index contributed by atoms with van der Waals surface area (Å²) in [4.78, 5) is 4.77. The maximum atomic E-state index is 13.6. The van der Waals surface area contributed by atoms with E-state index in [1.54, 1.807) is 22.8 Å². The average Bonchev–Trinajstić information content (AvgIpc) is 3.32. The highest BCUT2D eigenvalue weighted by Crippen LogP contribution is 2.33. The van der Waals surface area contributed by atoms with Gasteiger partial charge in [-0.15, -0.1) is 0 Å². The van der Waals surface area contributed by atoms with Crippen LogP contribution in [0, 0.1) is 5.92 Å². The topological polar surface area (TPSA) is 98.1 Å². The molecule has 2 aromatic heterocycles. The van der Waals surface area contributed by atoms with E-state index in [0.717, 1.165) is 18.4 Å². The molecule has 0 aliphatic carbocycles. The van der Waals surface area contributed by atoms with Crippen LogP contribution in [-0.4, -0.2) is 69.0 Å². The van der Waals surface area contributed by atoms with Crippen LogP contribution in [0.25, 0.3) is 16.9 Å². The Labute approximate surface area is 228 Å². The monoisotopic (exact) mass is 551 g/mol. The zero-order chi connectivity index (χ0) is 26.9. The van der Waals surface area contributed by atoms with Gasteiger partial charge in [0.1, 0.15) is 30.1 Å². The van der Waals surface area contributed by atoms with E-state index in [0.29, 0.717) is 53.0 Å². The Bertz CT molecular complexity index is 1580. The van der Waals surface area contributed by atoms with Gasteiger partial charge in [0.05, 0.1) is 19.9 Å². The number of piperidine rings is 1. The van der Waals surface area contributed by atoms with Gasteiger partial charge in [-0.1, -0.05) is 29.8 Å². The number of hydrogen-bond donors (Lipinski definition) is 1. The summed E-state index contributed by atoms with van der Waals surface area (Å²) in [6.45, 7) is 1.33. The van der Waals surface area contributed by atoms with Crippen LogP contribution in [0.15, 0.2) is 59.6 Å². The minimum absolute atomic E-state index is 0.0648. The fourth-order valence-electron chi connectivity index (χ4n) is 4.70. The van der Waals surface area contributed by atoms with Gasteiger partial charge < -0.3 is 14.8 Å². The molecule has 2 radical (unpaired) electrons. The number of aromatic nitrogens is 3. The number of nitrogens with zero attached hydrogens (tertiary/aromatic N) is 4. The Morgan fingerprint density at radius 3 is 2.74 bits per heavy atom. The highest BCUT2D eigenvalue weighted by Gasteiger charge is 2.32. The molecule has 1 saturated heterocycles. The SMILES string of the molecule is [B]c1cnn2c(NCC3CCCN(S(=O)(=O)c4cc(OC)ccc4OC)C3)cc(-c3ccccc3Cl)nc12. The van der Waals surface area contributed by atoms with Crippen molar-refractivity contribution in [3.63, 3.8) is 0 Å². The van der Waals surface area contributed by atoms with E-state index in [-0.39, 0.29) is 16.6 Å². The van der Waals surface area contributed by atoms with E-state index < -0.39 is 10.0 Å². The first kappa shape index (κ1) is 26.3. The van der Waals surface area contributed by atoms with Gasteiger partial charge >= 0.3 is 0 Å². The van der Waals surface area contributed by atoms with Crippen LogP contribution in [0.5, 0.6) is 11.5 Å². The van der Waals surface area contributed by atoms with Crippen LogP contribution in [0.2, 0.25) is 5.02 Å². The number of fused-ring (bicyclic) bond motifs is 1. The first-order valence-corrected chi connectivity index (χ1v) is 14.0. The molecule has 3 heterocycles. The molecule has 2 aromatic carbocycles. The predicted octanol–water partition coefficient (Wildman–Crippen LogP) is 3.37. The van der Waals surface area contributed by atoms with E-state index in [1.165, 1.54) is 24.6 Å². The fraction of sp³-hybridized carbons (Fsp3) is 0.308. The largest absolute Gasteiger partial charge is 0.497 e. The second-order valence-electron chi connectivity index (χ2n) is 9.11. The summed E-state index contributed by atoms with van der Waals surface area (Å²) in [5, 5.41) is 8.40. The highest BCUT2D eigenvalue weighted by molar-refractivity contribution is 7.89. The lowest BCUT2D eigenvalue weighted by atomic mass is 9.99. The molecule has 1 unspecified atom stereocenters. The summed E-state index contributed by atoms with van der Waals surface area (Å²) in [5.74, 6) is 1.49. The van der Waals surface area contributed by atoms with Crippen LogP contribution in [0.1, 0.15) is 12.8 Å². The Morgan fingerprint density at radius 1 is 1.16 bits per heavy atom. The summed E-state index contributed by atoms with van der Waals surface area (Å²) >= 11 is 6.43. The number of rotatable bonds is 8. The maximum absolute atomic E-state index is 13.6. The highest BCUT2D eigenvalue weighted by atomic mass is 35.5. The van der Waals surface area contributed by atoms with Crippen molar-refractivity contribution in [2.75, 3.05) is 39.2 Å². The van der Waals surface area contributed by atoms with Crippen LogP contribution in [0.4, 0.5) is 5.82 Å². The second-order valence-corrected chi connectivity index (χ2v) is 11.4. The number of hydrogen-bond acceptors (Lipinski definition) is 7. The molecule has 1 atom stereocenters. The van der Waals surface area contributed by atoms with Crippen LogP contribution >= 0.6 is 11.6 Å². The third-order valence-electron chi connectivity index (χ3n) is 6.69. The third kappa shape index (κ3) is 5.05. The van der Waals surface area contributed by atoms with E-state index in [9.17, 15) is 8.42 Å². The Balaban J connectivity index is 1.38. The number of benzene rings is 2. The summed E-state index contributed by atoms with van der Waals surface area (Å²) < 4.78 is 40.9.